The van der Waals surface area contributed by atoms with Crippen LogP contribution in [0.5, 0.6) is 17.2 Å². The Morgan fingerprint density at radius 1 is 1.29 bits per heavy atom. The number of ether oxygens (including phenoxy) is 3. The lowest BCUT2D eigenvalue weighted by Crippen LogP contribution is -2.51. The second-order valence-corrected chi connectivity index (χ2v) is 5.11. The number of aromatic hydroxyl groups is 1. The molecule has 24 heavy (non-hydrogen) atoms. The van der Waals surface area contributed by atoms with Crippen LogP contribution in [0.25, 0.3) is 0 Å². The Balaban J connectivity index is 2.50. The number of rotatable bonds is 5. The van der Waals surface area contributed by atoms with E-state index in [1.807, 2.05) is 0 Å². The van der Waals surface area contributed by atoms with Gasteiger partial charge in [0.15, 0.2) is 11.5 Å². The highest BCUT2D eigenvalue weighted by Gasteiger charge is 2.39. The van der Waals surface area contributed by atoms with Crippen LogP contribution in [0.2, 0.25) is 0 Å². The van der Waals surface area contributed by atoms with E-state index in [1.165, 1.54) is 26.4 Å². The van der Waals surface area contributed by atoms with Gasteiger partial charge < -0.3 is 30.0 Å². The summed E-state index contributed by atoms with van der Waals surface area (Å²) in [6.45, 7) is 5.63. The highest BCUT2D eigenvalue weighted by atomic mass is 16.5. The number of hydrogen-bond donors (Lipinski definition) is 3. The number of carbonyl (C=O) groups excluding carboxylic acids is 2. The Morgan fingerprint density at radius 2 is 1.88 bits per heavy atom. The summed E-state index contributed by atoms with van der Waals surface area (Å²) >= 11 is 0. The van der Waals surface area contributed by atoms with Crippen LogP contribution < -0.4 is 20.1 Å². The molecule has 3 N–H and O–H groups in total. The van der Waals surface area contributed by atoms with Gasteiger partial charge >= 0.3 is 12.0 Å². The molecule has 1 saturated heterocycles. The summed E-state index contributed by atoms with van der Waals surface area (Å²) in [6, 6.07) is 1.81. The van der Waals surface area contributed by atoms with Crippen molar-refractivity contribution in [1.29, 1.82) is 0 Å². The minimum atomic E-state index is -0.832. The van der Waals surface area contributed by atoms with Crippen molar-refractivity contribution >= 4 is 12.0 Å². The molecule has 0 bridgehead atoms. The Labute approximate surface area is 139 Å². The predicted octanol–water partition coefficient (Wildman–Crippen LogP) is 1.46. The SMILES string of the molecule is C=C1NC(=O)N[C@H](c2cc(OC)c(O)c(OC)c2)[C@H]1C(=O)OCC. The maximum absolute atomic E-state index is 12.3. The number of urea groups is 1. The highest BCUT2D eigenvalue weighted by molar-refractivity contribution is 5.85. The first kappa shape index (κ1) is 17.5. The molecule has 2 atom stereocenters. The zero-order valence-electron chi connectivity index (χ0n) is 13.7. The van der Waals surface area contributed by atoms with Crippen molar-refractivity contribution in [3.05, 3.63) is 30.0 Å². The Kier molecular flexibility index (Phi) is 5.18. The van der Waals surface area contributed by atoms with Crippen molar-refractivity contribution in [3.8, 4) is 17.2 Å². The molecule has 8 nitrogen and oxygen atoms in total. The number of amides is 2. The van der Waals surface area contributed by atoms with Crippen LogP contribution in [-0.2, 0) is 9.53 Å². The monoisotopic (exact) mass is 336 g/mol. The molecular formula is C16H20N2O6. The van der Waals surface area contributed by atoms with Gasteiger partial charge in [-0.2, -0.15) is 0 Å². The van der Waals surface area contributed by atoms with Crippen LogP contribution >= 0.6 is 0 Å². The maximum Gasteiger partial charge on any atom is 0.319 e. The number of carbonyl (C=O) groups is 2. The van der Waals surface area contributed by atoms with Gasteiger partial charge in [-0.05, 0) is 24.6 Å². The highest BCUT2D eigenvalue weighted by Crippen LogP contribution is 2.41. The van der Waals surface area contributed by atoms with E-state index in [-0.39, 0.29) is 29.6 Å². The average Bonchev–Trinajstić information content (AvgIpc) is 2.54. The zero-order valence-corrected chi connectivity index (χ0v) is 13.7. The van der Waals surface area contributed by atoms with Crippen molar-refractivity contribution in [2.75, 3.05) is 20.8 Å². The fourth-order valence-corrected chi connectivity index (χ4v) is 2.56. The van der Waals surface area contributed by atoms with Gasteiger partial charge in [0, 0.05) is 5.70 Å². The van der Waals surface area contributed by atoms with E-state index in [9.17, 15) is 14.7 Å². The molecule has 1 aromatic rings. The summed E-state index contributed by atoms with van der Waals surface area (Å²) in [5, 5.41) is 15.2. The Bertz CT molecular complexity index is 648. The maximum atomic E-state index is 12.3. The van der Waals surface area contributed by atoms with Crippen molar-refractivity contribution in [3.63, 3.8) is 0 Å². The van der Waals surface area contributed by atoms with Gasteiger partial charge in [-0.25, -0.2) is 4.79 Å². The van der Waals surface area contributed by atoms with Crippen molar-refractivity contribution < 1.29 is 28.9 Å². The van der Waals surface area contributed by atoms with Crippen molar-refractivity contribution in [1.82, 2.24) is 10.6 Å². The Hall–Kier alpha value is -2.90. The summed E-state index contributed by atoms with van der Waals surface area (Å²) in [5.41, 5.74) is 0.740. The first-order chi connectivity index (χ1) is 11.4. The number of nitrogens with one attached hydrogen (secondary N) is 2. The van der Waals surface area contributed by atoms with Crippen LogP contribution in [-0.4, -0.2) is 37.9 Å². The van der Waals surface area contributed by atoms with E-state index in [0.717, 1.165) is 0 Å². The van der Waals surface area contributed by atoms with E-state index >= 15 is 0 Å². The number of phenols is 1. The first-order valence-corrected chi connectivity index (χ1v) is 7.30. The number of phenolic OH excluding ortho intramolecular Hbond substituents is 1. The van der Waals surface area contributed by atoms with Gasteiger partial charge in [0.25, 0.3) is 0 Å². The largest absolute Gasteiger partial charge is 0.502 e. The molecule has 8 heteroatoms. The van der Waals surface area contributed by atoms with Crippen molar-refractivity contribution in [2.24, 2.45) is 5.92 Å². The molecule has 130 valence electrons. The van der Waals surface area contributed by atoms with Crippen LogP contribution in [0.4, 0.5) is 4.79 Å². The molecule has 0 saturated carbocycles. The lowest BCUT2D eigenvalue weighted by Gasteiger charge is -2.33. The first-order valence-electron chi connectivity index (χ1n) is 7.30. The van der Waals surface area contributed by atoms with Crippen LogP contribution in [0.3, 0.4) is 0 Å². The molecule has 0 radical (unpaired) electrons. The number of benzene rings is 1. The Morgan fingerprint density at radius 3 is 2.38 bits per heavy atom. The van der Waals surface area contributed by atoms with Gasteiger partial charge in [0.2, 0.25) is 5.75 Å². The van der Waals surface area contributed by atoms with Gasteiger partial charge in [0.1, 0.15) is 5.92 Å². The molecule has 2 rings (SSSR count). The molecule has 0 spiro atoms. The summed E-state index contributed by atoms with van der Waals surface area (Å²) in [4.78, 5) is 24.1. The average molecular weight is 336 g/mol. The normalized spacial score (nSPS) is 20.0. The van der Waals surface area contributed by atoms with Crippen molar-refractivity contribution in [2.45, 2.75) is 13.0 Å². The van der Waals surface area contributed by atoms with E-state index in [0.29, 0.717) is 5.56 Å². The molecular weight excluding hydrogens is 316 g/mol. The van der Waals surface area contributed by atoms with Crippen LogP contribution in [0.15, 0.2) is 24.4 Å². The van der Waals surface area contributed by atoms with E-state index in [4.69, 9.17) is 14.2 Å². The standard InChI is InChI=1S/C16H20N2O6/c1-5-24-15(20)12-8(2)17-16(21)18-13(12)9-6-10(22-3)14(19)11(7-9)23-4/h6-7,12-13,19H,2,5H2,1,3-4H3,(H2,17,18,21)/t12-,13+/m0/s1. The summed E-state index contributed by atoms with van der Waals surface area (Å²) in [5.74, 6) is -1.21. The third-order valence-corrected chi connectivity index (χ3v) is 3.67. The van der Waals surface area contributed by atoms with E-state index in [1.54, 1.807) is 6.92 Å². The molecule has 0 aromatic heterocycles. The molecule has 2 amide bonds. The molecule has 0 unspecified atom stereocenters. The summed E-state index contributed by atoms with van der Waals surface area (Å²) in [6.07, 6.45) is 0. The zero-order chi connectivity index (χ0) is 17.9. The number of hydrogen-bond acceptors (Lipinski definition) is 6. The molecule has 0 aliphatic carbocycles. The van der Waals surface area contributed by atoms with E-state index in [2.05, 4.69) is 17.2 Å². The number of esters is 1. The van der Waals surface area contributed by atoms with Gasteiger partial charge in [-0.3, -0.25) is 4.79 Å². The van der Waals surface area contributed by atoms with Gasteiger partial charge in [0.05, 0.1) is 26.9 Å². The number of methoxy groups -OCH3 is 2. The fourth-order valence-electron chi connectivity index (χ4n) is 2.56. The topological polar surface area (TPSA) is 106 Å². The fraction of sp³-hybridized carbons (Fsp3) is 0.375. The molecule has 1 heterocycles. The second-order valence-electron chi connectivity index (χ2n) is 5.11. The quantitative estimate of drug-likeness (QED) is 0.703. The summed E-state index contributed by atoms with van der Waals surface area (Å²) in [7, 11) is 2.78. The van der Waals surface area contributed by atoms with Crippen LogP contribution in [0.1, 0.15) is 18.5 Å². The summed E-state index contributed by atoms with van der Waals surface area (Å²) < 4.78 is 15.3. The van der Waals surface area contributed by atoms with Crippen LogP contribution in [0, 0.1) is 5.92 Å². The van der Waals surface area contributed by atoms with E-state index < -0.39 is 24.0 Å². The third kappa shape index (κ3) is 3.22. The smallest absolute Gasteiger partial charge is 0.319 e. The molecule has 1 fully saturated rings. The lowest BCUT2D eigenvalue weighted by atomic mass is 9.88. The predicted molar refractivity (Wildman–Crippen MR) is 84.9 cm³/mol. The lowest BCUT2D eigenvalue weighted by molar-refractivity contribution is -0.147. The second kappa shape index (κ2) is 7.12. The van der Waals surface area contributed by atoms with Gasteiger partial charge in [-0.15, -0.1) is 0 Å². The molecule has 1 aliphatic heterocycles. The van der Waals surface area contributed by atoms with Gasteiger partial charge in [-0.1, -0.05) is 6.58 Å². The molecule has 1 aliphatic rings. The third-order valence-electron chi connectivity index (χ3n) is 3.67. The minimum absolute atomic E-state index is 0.158. The molecule has 1 aromatic carbocycles. The minimum Gasteiger partial charge on any atom is -0.502 e.